The molecule has 4 rings (SSSR count). The summed E-state index contributed by atoms with van der Waals surface area (Å²) in [6.07, 6.45) is 7.29. The number of hydrogen-bond donors (Lipinski definition) is 1. The van der Waals surface area contributed by atoms with Crippen molar-refractivity contribution in [2.45, 2.75) is 0 Å². The van der Waals surface area contributed by atoms with Crippen molar-refractivity contribution in [3.05, 3.63) is 84.9 Å². The Balaban J connectivity index is 1.55. The first-order valence-electron chi connectivity index (χ1n) is 12.2. The third-order valence-electron chi connectivity index (χ3n) is 5.67. The second-order valence-electron chi connectivity index (χ2n) is 8.32. The molecule has 1 heterocycles. The van der Waals surface area contributed by atoms with Crippen molar-refractivity contribution in [3.63, 3.8) is 0 Å². The van der Waals surface area contributed by atoms with Gasteiger partial charge in [-0.3, -0.25) is 0 Å². The van der Waals surface area contributed by atoms with Crippen LogP contribution in [0.1, 0.15) is 11.1 Å². The molecule has 2 radical (unpaired) electrons. The largest absolute Gasteiger partial charge is 0.438 e. The lowest BCUT2D eigenvalue weighted by atomic mass is 10.1. The van der Waals surface area contributed by atoms with Gasteiger partial charge in [-0.2, -0.15) is 4.98 Å². The zero-order valence-electron chi connectivity index (χ0n) is 21.3. The van der Waals surface area contributed by atoms with E-state index in [9.17, 15) is 0 Å². The van der Waals surface area contributed by atoms with Gasteiger partial charge in [0.15, 0.2) is 0 Å². The molecule has 2 N–H and O–H groups in total. The minimum atomic E-state index is 0.378. The molecule has 0 aliphatic heterocycles. The van der Waals surface area contributed by atoms with Crippen molar-refractivity contribution in [1.82, 2.24) is 9.97 Å². The molecule has 8 heteroatoms. The third kappa shape index (κ3) is 6.99. The molecule has 3 aromatic carbocycles. The molecule has 1 aromatic heterocycles. The molecule has 0 saturated heterocycles. The molecular formula is C30H30N4O4. The molecule has 38 heavy (non-hydrogen) atoms. The summed E-state index contributed by atoms with van der Waals surface area (Å²) in [4.78, 5) is 11.1. The van der Waals surface area contributed by atoms with Gasteiger partial charge in [0.1, 0.15) is 5.75 Å². The highest BCUT2D eigenvalue weighted by atomic mass is 16.5. The van der Waals surface area contributed by atoms with Crippen LogP contribution in [0.5, 0.6) is 11.6 Å². The summed E-state index contributed by atoms with van der Waals surface area (Å²) in [6.45, 7) is 8.94. The molecule has 8 nitrogen and oxygen atoms in total. The standard InChI is InChI=1S/C30H30N4O4/c1-4-23-19-22(2)20-24(21-23)34(13-14-36-17-18-37-16-15-35-3)30-32-12-11-29(33-30)38-28-10-9-27(31)25-7-5-6-8-26(25)28/h1-2,5-12,19-21H,13-18,31H2,3H3. The van der Waals surface area contributed by atoms with Gasteiger partial charge < -0.3 is 29.6 Å². The van der Waals surface area contributed by atoms with Crippen LogP contribution in [0.2, 0.25) is 0 Å². The number of hydrogen-bond acceptors (Lipinski definition) is 8. The lowest BCUT2D eigenvalue weighted by Gasteiger charge is -2.24. The monoisotopic (exact) mass is 510 g/mol. The lowest BCUT2D eigenvalue weighted by Crippen LogP contribution is -2.25. The van der Waals surface area contributed by atoms with Crippen molar-refractivity contribution in [3.8, 4) is 24.0 Å². The number of nitrogen functional groups attached to an aromatic ring is 1. The fourth-order valence-electron chi connectivity index (χ4n) is 3.85. The fourth-order valence-corrected chi connectivity index (χ4v) is 3.85. The number of anilines is 3. The molecule has 0 aliphatic carbocycles. The van der Waals surface area contributed by atoms with E-state index in [2.05, 4.69) is 15.9 Å². The topological polar surface area (TPSA) is 92.0 Å². The second-order valence-corrected chi connectivity index (χ2v) is 8.32. The lowest BCUT2D eigenvalue weighted by molar-refractivity contribution is 0.0267. The summed E-state index contributed by atoms with van der Waals surface area (Å²) in [5.74, 6) is 4.07. The Morgan fingerprint density at radius 2 is 1.68 bits per heavy atom. The number of aromatic nitrogens is 2. The number of ether oxygens (including phenoxy) is 4. The van der Waals surface area contributed by atoms with Crippen LogP contribution in [0.25, 0.3) is 10.8 Å². The van der Waals surface area contributed by atoms with Crippen LogP contribution in [0.4, 0.5) is 17.3 Å². The first-order valence-corrected chi connectivity index (χ1v) is 12.2. The number of nitrogens with zero attached hydrogens (tertiary/aromatic N) is 3. The van der Waals surface area contributed by atoms with Gasteiger partial charge in [0.25, 0.3) is 0 Å². The normalized spacial score (nSPS) is 10.9. The first kappa shape index (κ1) is 26.9. The van der Waals surface area contributed by atoms with Gasteiger partial charge >= 0.3 is 0 Å². The molecule has 194 valence electrons. The van der Waals surface area contributed by atoms with Crippen molar-refractivity contribution in [1.29, 1.82) is 0 Å². The molecule has 0 amide bonds. The summed E-state index contributed by atoms with van der Waals surface area (Å²) in [7, 11) is 1.64. The van der Waals surface area contributed by atoms with Crippen LogP contribution >= 0.6 is 0 Å². The summed E-state index contributed by atoms with van der Waals surface area (Å²) in [6, 6.07) is 18.5. The molecule has 0 aliphatic rings. The minimum absolute atomic E-state index is 0.378. The van der Waals surface area contributed by atoms with E-state index in [1.165, 1.54) is 0 Å². The van der Waals surface area contributed by atoms with Gasteiger partial charge in [-0.05, 0) is 42.8 Å². The third-order valence-corrected chi connectivity index (χ3v) is 5.67. The number of nitrogens with two attached hydrogens (primary N) is 1. The maximum Gasteiger partial charge on any atom is 0.233 e. The van der Waals surface area contributed by atoms with Crippen LogP contribution in [0.15, 0.2) is 66.9 Å². The zero-order valence-corrected chi connectivity index (χ0v) is 21.3. The van der Waals surface area contributed by atoms with E-state index in [0.717, 1.165) is 16.5 Å². The van der Waals surface area contributed by atoms with E-state index in [1.54, 1.807) is 25.4 Å². The number of rotatable bonds is 13. The number of fused-ring (bicyclic) bond motifs is 1. The van der Waals surface area contributed by atoms with E-state index in [1.807, 2.05) is 53.4 Å². The summed E-state index contributed by atoms with van der Waals surface area (Å²) in [5.41, 5.74) is 8.75. The Morgan fingerprint density at radius 3 is 2.47 bits per heavy atom. The highest BCUT2D eigenvalue weighted by molar-refractivity contribution is 5.97. The van der Waals surface area contributed by atoms with Gasteiger partial charge in [-0.25, -0.2) is 4.98 Å². The van der Waals surface area contributed by atoms with Crippen LogP contribution in [-0.4, -0.2) is 56.7 Å². The van der Waals surface area contributed by atoms with Crippen molar-refractivity contribution >= 4 is 28.1 Å². The summed E-state index contributed by atoms with van der Waals surface area (Å²) >= 11 is 0. The predicted octanol–water partition coefficient (Wildman–Crippen LogP) is 4.86. The first-order chi connectivity index (χ1) is 18.6. The summed E-state index contributed by atoms with van der Waals surface area (Å²) in [5, 5.41) is 1.80. The average molecular weight is 511 g/mol. The molecule has 0 fully saturated rings. The Kier molecular flexibility index (Phi) is 9.48. The molecule has 4 aromatic rings. The van der Waals surface area contributed by atoms with E-state index >= 15 is 0 Å². The van der Waals surface area contributed by atoms with E-state index < -0.39 is 0 Å². The Hall–Kier alpha value is -4.16. The maximum absolute atomic E-state index is 6.18. The quantitative estimate of drug-likeness (QED) is 0.155. The van der Waals surface area contributed by atoms with Gasteiger partial charge in [0.05, 0.1) is 33.0 Å². The van der Waals surface area contributed by atoms with Crippen LogP contribution < -0.4 is 15.4 Å². The Morgan fingerprint density at radius 1 is 0.921 bits per heavy atom. The molecule has 0 atom stereocenters. The average Bonchev–Trinajstić information content (AvgIpc) is 2.93. The van der Waals surface area contributed by atoms with Gasteiger partial charge in [0.2, 0.25) is 11.8 Å². The van der Waals surface area contributed by atoms with Crippen molar-refractivity contribution in [2.75, 3.05) is 57.3 Å². The van der Waals surface area contributed by atoms with E-state index in [-0.39, 0.29) is 0 Å². The highest BCUT2D eigenvalue weighted by Gasteiger charge is 2.16. The highest BCUT2D eigenvalue weighted by Crippen LogP contribution is 2.33. The number of benzene rings is 3. The maximum atomic E-state index is 6.18. The van der Waals surface area contributed by atoms with Gasteiger partial charge in [0, 0.05) is 53.6 Å². The molecule has 0 unspecified atom stereocenters. The Labute approximate surface area is 223 Å². The molecule has 0 saturated carbocycles. The van der Waals surface area contributed by atoms with Gasteiger partial charge in [-0.15, -0.1) is 6.42 Å². The summed E-state index contributed by atoms with van der Waals surface area (Å²) < 4.78 is 22.4. The second kappa shape index (κ2) is 13.4. The fraction of sp³-hybridized carbons (Fsp3) is 0.233. The van der Waals surface area contributed by atoms with E-state index in [4.69, 9.17) is 38.0 Å². The van der Waals surface area contributed by atoms with Crippen LogP contribution in [-0.2, 0) is 14.2 Å². The van der Waals surface area contributed by atoms with Crippen molar-refractivity contribution < 1.29 is 18.9 Å². The SMILES string of the molecule is [CH]c1cc(C#C)cc(N(CCOCCOCCOC)c2nccc(Oc3ccc(N)c4ccccc34)n2)c1. The minimum Gasteiger partial charge on any atom is -0.438 e. The number of terminal acetylenes is 1. The van der Waals surface area contributed by atoms with E-state index in [0.29, 0.717) is 74.0 Å². The predicted molar refractivity (Wildman–Crippen MR) is 149 cm³/mol. The van der Waals surface area contributed by atoms with Crippen molar-refractivity contribution in [2.24, 2.45) is 0 Å². The zero-order chi connectivity index (χ0) is 26.7. The Bertz CT molecular complexity index is 1400. The van der Waals surface area contributed by atoms with Crippen LogP contribution in [0.3, 0.4) is 0 Å². The smallest absolute Gasteiger partial charge is 0.233 e. The molecular weight excluding hydrogens is 480 g/mol. The number of methoxy groups -OCH3 is 1. The van der Waals surface area contributed by atoms with Gasteiger partial charge in [-0.1, -0.05) is 30.2 Å². The molecule has 0 bridgehead atoms. The molecule has 0 spiro atoms. The van der Waals surface area contributed by atoms with Crippen LogP contribution in [0, 0.1) is 19.3 Å².